The molecular weight excluding hydrogens is 652 g/mol. The maximum absolute atomic E-state index is 13.7. The first-order valence-electron chi connectivity index (χ1n) is 18.2. The SMILES string of the molecule is COc1cc2c(cc1OCCCOc1cc3c(cc1C)C(=O)N1CC(c4ccc(C)cc4)C[C@H]1C=N3)N=C[C@@H]1CC(c3ccc(C)cc3)CN1C2=O. The molecule has 4 heterocycles. The van der Waals surface area contributed by atoms with Crippen LogP contribution in [0.2, 0.25) is 0 Å². The van der Waals surface area contributed by atoms with Crippen molar-refractivity contribution in [3.63, 3.8) is 0 Å². The van der Waals surface area contributed by atoms with Crippen molar-refractivity contribution < 1.29 is 23.8 Å². The highest BCUT2D eigenvalue weighted by Crippen LogP contribution is 2.41. The minimum Gasteiger partial charge on any atom is -0.493 e. The lowest BCUT2D eigenvalue weighted by Crippen LogP contribution is -2.35. The predicted octanol–water partition coefficient (Wildman–Crippen LogP) is 7.90. The lowest BCUT2D eigenvalue weighted by Gasteiger charge is -2.21. The van der Waals surface area contributed by atoms with E-state index in [1.165, 1.54) is 22.3 Å². The minimum atomic E-state index is -0.0625. The van der Waals surface area contributed by atoms with Gasteiger partial charge in [0.2, 0.25) is 0 Å². The van der Waals surface area contributed by atoms with Gasteiger partial charge in [-0.2, -0.15) is 0 Å². The summed E-state index contributed by atoms with van der Waals surface area (Å²) in [6, 6.07) is 24.4. The minimum absolute atomic E-state index is 0.0164. The van der Waals surface area contributed by atoms with E-state index in [1.807, 2.05) is 41.3 Å². The zero-order valence-electron chi connectivity index (χ0n) is 30.2. The first-order valence-corrected chi connectivity index (χ1v) is 18.2. The molecular formula is C43H44N4O5. The molecule has 0 radical (unpaired) electrons. The van der Waals surface area contributed by atoms with Crippen LogP contribution in [0.25, 0.3) is 0 Å². The van der Waals surface area contributed by atoms with E-state index in [2.05, 4.69) is 62.4 Å². The second kappa shape index (κ2) is 13.9. The van der Waals surface area contributed by atoms with Crippen LogP contribution < -0.4 is 14.2 Å². The molecule has 2 amide bonds. The van der Waals surface area contributed by atoms with Gasteiger partial charge in [-0.3, -0.25) is 19.6 Å². The van der Waals surface area contributed by atoms with Crippen LogP contribution in [0.3, 0.4) is 0 Å². The van der Waals surface area contributed by atoms with Crippen LogP contribution in [0, 0.1) is 20.8 Å². The number of amides is 2. The van der Waals surface area contributed by atoms with Crippen molar-refractivity contribution in [1.29, 1.82) is 0 Å². The third-order valence-electron chi connectivity index (χ3n) is 10.9. The topological polar surface area (TPSA) is 93.0 Å². The fraction of sp³-hybridized carbons (Fsp3) is 0.349. The molecule has 4 aromatic carbocycles. The highest BCUT2D eigenvalue weighted by Gasteiger charge is 2.39. The predicted molar refractivity (Wildman–Crippen MR) is 203 cm³/mol. The Bertz CT molecular complexity index is 2070. The van der Waals surface area contributed by atoms with Gasteiger partial charge in [-0.1, -0.05) is 59.7 Å². The lowest BCUT2D eigenvalue weighted by molar-refractivity contribution is 0.0765. The molecule has 0 bridgehead atoms. The number of ether oxygens (including phenoxy) is 3. The summed E-state index contributed by atoms with van der Waals surface area (Å²) in [6.45, 7) is 8.25. The van der Waals surface area contributed by atoms with Crippen molar-refractivity contribution in [2.45, 2.75) is 64.0 Å². The van der Waals surface area contributed by atoms with Crippen LogP contribution in [0.5, 0.6) is 17.2 Å². The quantitative estimate of drug-likeness (QED) is 0.166. The fourth-order valence-electron chi connectivity index (χ4n) is 7.92. The molecule has 4 atom stereocenters. The monoisotopic (exact) mass is 696 g/mol. The average molecular weight is 697 g/mol. The molecule has 2 unspecified atom stereocenters. The smallest absolute Gasteiger partial charge is 0.256 e. The van der Waals surface area contributed by atoms with Crippen LogP contribution in [0.15, 0.2) is 82.8 Å². The van der Waals surface area contributed by atoms with Gasteiger partial charge in [0.1, 0.15) is 5.75 Å². The molecule has 9 nitrogen and oxygen atoms in total. The van der Waals surface area contributed by atoms with Crippen LogP contribution in [-0.4, -0.2) is 79.5 Å². The highest BCUT2D eigenvalue weighted by atomic mass is 16.5. The summed E-state index contributed by atoms with van der Waals surface area (Å²) in [7, 11) is 1.58. The third kappa shape index (κ3) is 6.44. The molecule has 2 fully saturated rings. The van der Waals surface area contributed by atoms with E-state index < -0.39 is 0 Å². The summed E-state index contributed by atoms with van der Waals surface area (Å²) in [4.78, 5) is 40.9. The van der Waals surface area contributed by atoms with Crippen molar-refractivity contribution in [2.75, 3.05) is 33.4 Å². The number of nitrogens with zero attached hydrogens (tertiary/aromatic N) is 4. The fourth-order valence-corrected chi connectivity index (χ4v) is 7.92. The van der Waals surface area contributed by atoms with Gasteiger partial charge in [-0.25, -0.2) is 0 Å². The molecule has 0 saturated carbocycles. The van der Waals surface area contributed by atoms with E-state index in [1.54, 1.807) is 19.2 Å². The molecule has 9 heteroatoms. The molecule has 52 heavy (non-hydrogen) atoms. The number of fused-ring (bicyclic) bond motifs is 4. The Balaban J connectivity index is 0.884. The lowest BCUT2D eigenvalue weighted by atomic mass is 9.96. The number of carbonyl (C=O) groups is 2. The van der Waals surface area contributed by atoms with Crippen LogP contribution in [-0.2, 0) is 0 Å². The molecule has 8 rings (SSSR count). The van der Waals surface area contributed by atoms with E-state index in [9.17, 15) is 9.59 Å². The van der Waals surface area contributed by atoms with Gasteiger partial charge in [0, 0.05) is 55.9 Å². The van der Waals surface area contributed by atoms with Gasteiger partial charge in [0.25, 0.3) is 11.8 Å². The molecule has 4 aliphatic rings. The van der Waals surface area contributed by atoms with Crippen molar-refractivity contribution in [2.24, 2.45) is 9.98 Å². The number of methoxy groups -OCH3 is 1. The van der Waals surface area contributed by atoms with Crippen molar-refractivity contribution in [1.82, 2.24) is 9.80 Å². The van der Waals surface area contributed by atoms with Crippen molar-refractivity contribution >= 4 is 35.6 Å². The molecule has 0 aromatic heterocycles. The van der Waals surface area contributed by atoms with Crippen LogP contribution in [0.4, 0.5) is 11.4 Å². The summed E-state index contributed by atoms with van der Waals surface area (Å²) in [5, 5.41) is 0. The Kier molecular flexibility index (Phi) is 9.03. The second-order valence-corrected chi connectivity index (χ2v) is 14.5. The number of benzene rings is 4. The summed E-state index contributed by atoms with van der Waals surface area (Å²) in [5.74, 6) is 2.27. The number of hydrogen-bond donors (Lipinski definition) is 0. The van der Waals surface area contributed by atoms with E-state index >= 15 is 0 Å². The van der Waals surface area contributed by atoms with Gasteiger partial charge in [0.15, 0.2) is 11.5 Å². The zero-order valence-corrected chi connectivity index (χ0v) is 30.2. The number of rotatable bonds is 9. The van der Waals surface area contributed by atoms with Crippen molar-refractivity contribution in [3.8, 4) is 17.2 Å². The second-order valence-electron chi connectivity index (χ2n) is 14.5. The number of carbonyl (C=O) groups excluding carboxylic acids is 2. The Morgan fingerprint density at radius 1 is 0.635 bits per heavy atom. The zero-order chi connectivity index (χ0) is 35.9. The van der Waals surface area contributed by atoms with Gasteiger partial charge in [-0.05, 0) is 62.4 Å². The summed E-state index contributed by atoms with van der Waals surface area (Å²) < 4.78 is 18.0. The normalized spacial score (nSPS) is 21.6. The highest BCUT2D eigenvalue weighted by molar-refractivity contribution is 6.04. The maximum Gasteiger partial charge on any atom is 0.256 e. The first kappa shape index (κ1) is 33.7. The molecule has 2 saturated heterocycles. The summed E-state index contributed by atoms with van der Waals surface area (Å²) in [6.07, 6.45) is 6.12. The molecule has 0 aliphatic carbocycles. The molecule has 4 aromatic rings. The van der Waals surface area contributed by atoms with Gasteiger partial charge in [-0.15, -0.1) is 0 Å². The van der Waals surface area contributed by atoms with Gasteiger partial charge >= 0.3 is 0 Å². The van der Waals surface area contributed by atoms with Crippen LogP contribution >= 0.6 is 0 Å². The molecule has 0 spiro atoms. The molecule has 4 aliphatic heterocycles. The average Bonchev–Trinajstić information content (AvgIpc) is 3.73. The van der Waals surface area contributed by atoms with Gasteiger partial charge in [0.05, 0.1) is 54.9 Å². The Hall–Kier alpha value is -5.44. The van der Waals surface area contributed by atoms with Gasteiger partial charge < -0.3 is 24.0 Å². The van der Waals surface area contributed by atoms with E-state index in [-0.39, 0.29) is 29.8 Å². The number of hydrogen-bond acceptors (Lipinski definition) is 7. The molecule has 266 valence electrons. The third-order valence-corrected chi connectivity index (χ3v) is 10.9. The summed E-state index contributed by atoms with van der Waals surface area (Å²) >= 11 is 0. The Labute approximate surface area is 304 Å². The van der Waals surface area contributed by atoms with E-state index in [4.69, 9.17) is 24.2 Å². The summed E-state index contributed by atoms with van der Waals surface area (Å²) in [5.41, 5.74) is 8.20. The van der Waals surface area contributed by atoms with E-state index in [0.717, 1.165) is 18.4 Å². The van der Waals surface area contributed by atoms with E-state index in [0.29, 0.717) is 78.4 Å². The van der Waals surface area contributed by atoms with Crippen LogP contribution in [0.1, 0.15) is 79.6 Å². The Morgan fingerprint density at radius 2 is 1.12 bits per heavy atom. The maximum atomic E-state index is 13.7. The standard InChI is InChI=1S/C43H44N4O5/c1-26-6-10-29(11-7-26)31-17-33-22-44-37-20-39(28(3)16-35(37)42(48)46(33)24-31)51-14-5-15-52-41-21-38-36(19-40(41)50-4)43(49)47-25-32(18-34(47)23-45-38)30-12-8-27(2)9-13-30/h6-13,16,19-23,31-34H,5,14-15,17-18,24-25H2,1-4H3/t31?,32?,33-,34-/m0/s1. The number of aliphatic imine (C=N–C) groups is 2. The first-order chi connectivity index (χ1) is 25.2. The number of aryl methyl sites for hydroxylation is 3. The Morgan fingerprint density at radius 3 is 1.63 bits per heavy atom. The molecule has 0 N–H and O–H groups in total. The largest absolute Gasteiger partial charge is 0.493 e. The van der Waals surface area contributed by atoms with Crippen molar-refractivity contribution in [3.05, 3.63) is 112 Å².